The van der Waals surface area contributed by atoms with Crippen molar-refractivity contribution in [2.75, 3.05) is 20.2 Å². The molecule has 0 saturated carbocycles. The zero-order valence-corrected chi connectivity index (χ0v) is 11.2. The fraction of sp³-hybridized carbons (Fsp3) is 0.385. The Morgan fingerprint density at radius 1 is 1.39 bits per heavy atom. The van der Waals surface area contributed by atoms with Gasteiger partial charge in [-0.2, -0.15) is 0 Å². The number of halogens is 1. The molecule has 0 heterocycles. The molecule has 98 valence electrons. The lowest BCUT2D eigenvalue weighted by Crippen LogP contribution is -2.34. The average molecular weight is 270 g/mol. The predicted molar refractivity (Wildman–Crippen MR) is 69.4 cm³/mol. The highest BCUT2D eigenvalue weighted by Crippen LogP contribution is 2.11. The lowest BCUT2D eigenvalue weighted by molar-refractivity contribution is -0.147. The summed E-state index contributed by atoms with van der Waals surface area (Å²) in [4.78, 5) is 24.4. The first-order valence-corrected chi connectivity index (χ1v) is 6.04. The van der Waals surface area contributed by atoms with Crippen LogP contribution < -0.4 is 0 Å². The molecule has 1 amide bonds. The monoisotopic (exact) mass is 269 g/mol. The number of carbonyl (C=O) groups is 2. The van der Waals surface area contributed by atoms with Gasteiger partial charge in [0.2, 0.25) is 5.91 Å². The maximum absolute atomic E-state index is 11.8. The molecular weight excluding hydrogens is 254 g/mol. The van der Waals surface area contributed by atoms with Crippen LogP contribution in [0.2, 0.25) is 5.02 Å². The molecule has 1 aromatic rings. The normalized spacial score (nSPS) is 9.94. The molecule has 0 radical (unpaired) electrons. The van der Waals surface area contributed by atoms with Crippen LogP contribution in [-0.4, -0.2) is 37.0 Å². The average Bonchev–Trinajstić information content (AvgIpc) is 2.29. The molecule has 0 aliphatic rings. The van der Waals surface area contributed by atoms with Gasteiger partial charge in [-0.15, -0.1) is 0 Å². The minimum Gasteiger partial charge on any atom is -0.465 e. The standard InChI is InChI=1S/C13H16ClNO3/c1-3-18-13(17)9-15(2)12(16)8-10-5-4-6-11(14)7-10/h4-7H,3,8-9H2,1-2H3. The Morgan fingerprint density at radius 3 is 2.72 bits per heavy atom. The quantitative estimate of drug-likeness (QED) is 0.767. The number of rotatable bonds is 5. The van der Waals surface area contributed by atoms with E-state index >= 15 is 0 Å². The molecule has 0 aromatic heterocycles. The molecule has 1 rings (SSSR count). The van der Waals surface area contributed by atoms with Crippen molar-refractivity contribution in [2.45, 2.75) is 13.3 Å². The molecule has 5 heteroatoms. The van der Waals surface area contributed by atoms with Crippen LogP contribution in [0.1, 0.15) is 12.5 Å². The second-order valence-electron chi connectivity index (χ2n) is 3.86. The summed E-state index contributed by atoms with van der Waals surface area (Å²) in [5.74, 6) is -0.551. The number of amides is 1. The van der Waals surface area contributed by atoms with E-state index in [1.54, 1.807) is 32.2 Å². The number of nitrogens with zero attached hydrogens (tertiary/aromatic N) is 1. The topological polar surface area (TPSA) is 46.6 Å². The van der Waals surface area contributed by atoms with Crippen molar-refractivity contribution in [1.82, 2.24) is 4.90 Å². The number of ether oxygens (including phenoxy) is 1. The van der Waals surface area contributed by atoms with Crippen LogP contribution in [0.4, 0.5) is 0 Å². The molecule has 0 saturated heterocycles. The van der Waals surface area contributed by atoms with E-state index in [4.69, 9.17) is 16.3 Å². The van der Waals surface area contributed by atoms with Crippen molar-refractivity contribution in [3.63, 3.8) is 0 Å². The smallest absolute Gasteiger partial charge is 0.325 e. The minimum absolute atomic E-state index is 0.0345. The molecule has 0 aliphatic carbocycles. The van der Waals surface area contributed by atoms with Crippen LogP contribution in [0.15, 0.2) is 24.3 Å². The molecular formula is C13H16ClNO3. The Bertz CT molecular complexity index is 434. The summed E-state index contributed by atoms with van der Waals surface area (Å²) in [6, 6.07) is 7.09. The lowest BCUT2D eigenvalue weighted by atomic mass is 10.1. The highest BCUT2D eigenvalue weighted by molar-refractivity contribution is 6.30. The van der Waals surface area contributed by atoms with Gasteiger partial charge >= 0.3 is 5.97 Å². The number of hydrogen-bond acceptors (Lipinski definition) is 3. The SMILES string of the molecule is CCOC(=O)CN(C)C(=O)Cc1cccc(Cl)c1. The third-order valence-corrected chi connectivity index (χ3v) is 2.58. The number of likely N-dealkylation sites (N-methyl/N-ethyl adjacent to an activating group) is 1. The van der Waals surface area contributed by atoms with E-state index in [9.17, 15) is 9.59 Å². The first kappa shape index (κ1) is 14.5. The van der Waals surface area contributed by atoms with Gasteiger partial charge in [0.25, 0.3) is 0 Å². The summed E-state index contributed by atoms with van der Waals surface area (Å²) in [6.45, 7) is 2.01. The summed E-state index contributed by atoms with van der Waals surface area (Å²) in [6.07, 6.45) is 0.219. The molecule has 0 N–H and O–H groups in total. The van der Waals surface area contributed by atoms with E-state index in [0.717, 1.165) is 5.56 Å². The molecule has 0 atom stereocenters. The van der Waals surface area contributed by atoms with Gasteiger partial charge in [-0.25, -0.2) is 0 Å². The highest BCUT2D eigenvalue weighted by Gasteiger charge is 2.14. The van der Waals surface area contributed by atoms with Gasteiger partial charge in [-0.05, 0) is 24.6 Å². The highest BCUT2D eigenvalue weighted by atomic mass is 35.5. The van der Waals surface area contributed by atoms with E-state index in [0.29, 0.717) is 11.6 Å². The van der Waals surface area contributed by atoms with E-state index in [2.05, 4.69) is 0 Å². The zero-order chi connectivity index (χ0) is 13.5. The van der Waals surface area contributed by atoms with Crippen molar-refractivity contribution in [2.24, 2.45) is 0 Å². The van der Waals surface area contributed by atoms with Gasteiger partial charge in [0.05, 0.1) is 13.0 Å². The Balaban J connectivity index is 2.52. The van der Waals surface area contributed by atoms with E-state index in [1.807, 2.05) is 6.07 Å². The van der Waals surface area contributed by atoms with E-state index < -0.39 is 5.97 Å². The minimum atomic E-state index is -0.403. The molecule has 0 unspecified atom stereocenters. The van der Waals surface area contributed by atoms with Crippen molar-refractivity contribution in [1.29, 1.82) is 0 Å². The molecule has 18 heavy (non-hydrogen) atoms. The van der Waals surface area contributed by atoms with E-state index in [1.165, 1.54) is 4.90 Å². The van der Waals surface area contributed by atoms with Gasteiger partial charge in [0.15, 0.2) is 0 Å². The van der Waals surface area contributed by atoms with Crippen molar-refractivity contribution in [3.05, 3.63) is 34.9 Å². The van der Waals surface area contributed by atoms with Gasteiger partial charge in [0.1, 0.15) is 6.54 Å². The lowest BCUT2D eigenvalue weighted by Gasteiger charge is -2.16. The van der Waals surface area contributed by atoms with Crippen molar-refractivity contribution >= 4 is 23.5 Å². The Labute approximate surface area is 111 Å². The fourth-order valence-corrected chi connectivity index (χ4v) is 1.66. The second kappa shape index (κ2) is 7.01. The summed E-state index contributed by atoms with van der Waals surface area (Å²) in [5, 5.41) is 0.591. The van der Waals surface area contributed by atoms with Gasteiger partial charge in [-0.3, -0.25) is 9.59 Å². The summed E-state index contributed by atoms with van der Waals surface area (Å²) in [5.41, 5.74) is 0.822. The van der Waals surface area contributed by atoms with Gasteiger partial charge < -0.3 is 9.64 Å². The third kappa shape index (κ3) is 4.75. The van der Waals surface area contributed by atoms with Crippen LogP contribution in [-0.2, 0) is 20.7 Å². The summed E-state index contributed by atoms with van der Waals surface area (Å²) >= 11 is 5.83. The predicted octanol–water partition coefficient (Wildman–Crippen LogP) is 1.90. The molecule has 0 bridgehead atoms. The van der Waals surface area contributed by atoms with Gasteiger partial charge in [-0.1, -0.05) is 23.7 Å². The summed E-state index contributed by atoms with van der Waals surface area (Å²) in [7, 11) is 1.57. The van der Waals surface area contributed by atoms with Crippen LogP contribution in [0.5, 0.6) is 0 Å². The first-order chi connectivity index (χ1) is 8.52. The number of esters is 1. The van der Waals surface area contributed by atoms with Crippen LogP contribution in [0, 0.1) is 0 Å². The second-order valence-corrected chi connectivity index (χ2v) is 4.30. The van der Waals surface area contributed by atoms with Crippen molar-refractivity contribution in [3.8, 4) is 0 Å². The van der Waals surface area contributed by atoms with Crippen LogP contribution in [0.25, 0.3) is 0 Å². The maximum atomic E-state index is 11.8. The molecule has 0 fully saturated rings. The number of benzene rings is 1. The maximum Gasteiger partial charge on any atom is 0.325 e. The van der Waals surface area contributed by atoms with Crippen LogP contribution in [0.3, 0.4) is 0 Å². The molecule has 1 aromatic carbocycles. The summed E-state index contributed by atoms with van der Waals surface area (Å²) < 4.78 is 4.78. The Hall–Kier alpha value is -1.55. The molecule has 0 aliphatic heterocycles. The number of hydrogen-bond donors (Lipinski definition) is 0. The van der Waals surface area contributed by atoms with Crippen LogP contribution >= 0.6 is 11.6 Å². The van der Waals surface area contributed by atoms with Crippen molar-refractivity contribution < 1.29 is 14.3 Å². The zero-order valence-electron chi connectivity index (χ0n) is 10.5. The first-order valence-electron chi connectivity index (χ1n) is 5.67. The third-order valence-electron chi connectivity index (χ3n) is 2.34. The fourth-order valence-electron chi connectivity index (χ4n) is 1.44. The number of carbonyl (C=O) groups excluding carboxylic acids is 2. The Morgan fingerprint density at radius 2 is 2.11 bits per heavy atom. The Kier molecular flexibility index (Phi) is 5.65. The largest absolute Gasteiger partial charge is 0.465 e. The molecule has 0 spiro atoms. The molecule has 4 nitrogen and oxygen atoms in total. The van der Waals surface area contributed by atoms with E-state index in [-0.39, 0.29) is 18.9 Å². The van der Waals surface area contributed by atoms with Gasteiger partial charge in [0, 0.05) is 12.1 Å².